The number of halogens is 1. The van der Waals surface area contributed by atoms with Crippen molar-refractivity contribution in [1.29, 1.82) is 0 Å². The molecule has 4 rings (SSSR count). The van der Waals surface area contributed by atoms with Crippen LogP contribution in [0.4, 0.5) is 4.39 Å². The Bertz CT molecular complexity index is 1000. The van der Waals surface area contributed by atoms with Crippen LogP contribution in [-0.2, 0) is 19.3 Å². The van der Waals surface area contributed by atoms with E-state index in [9.17, 15) is 4.39 Å². The molecule has 0 unspecified atom stereocenters. The molecule has 0 radical (unpaired) electrons. The van der Waals surface area contributed by atoms with E-state index in [4.69, 9.17) is 4.98 Å². The Morgan fingerprint density at radius 1 is 1.12 bits per heavy atom. The number of H-pyrrole nitrogens is 1. The lowest BCUT2D eigenvalue weighted by Crippen LogP contribution is -1.91. The molecule has 0 fully saturated rings. The predicted molar refractivity (Wildman–Crippen MR) is 99.6 cm³/mol. The molecule has 3 nitrogen and oxygen atoms in total. The standard InChI is InChI=1S/C20H18FN3S/c1-13-18(11-15-12-23-20-17(15)3-2-10-22-20)25-19(24-13)9-6-14-4-7-16(21)8-5-14/h2-5,7-8,10,12H,6,9,11H2,1H3,(H,22,23). The van der Waals surface area contributed by atoms with Gasteiger partial charge in [-0.05, 0) is 48.7 Å². The summed E-state index contributed by atoms with van der Waals surface area (Å²) in [5, 5.41) is 2.30. The van der Waals surface area contributed by atoms with Gasteiger partial charge in [0.1, 0.15) is 11.5 Å². The zero-order chi connectivity index (χ0) is 17.2. The van der Waals surface area contributed by atoms with Gasteiger partial charge in [-0.25, -0.2) is 14.4 Å². The number of aryl methyl sites for hydroxylation is 3. The highest BCUT2D eigenvalue weighted by Gasteiger charge is 2.11. The molecule has 0 spiro atoms. The Hall–Kier alpha value is -2.53. The van der Waals surface area contributed by atoms with Gasteiger partial charge in [0.15, 0.2) is 0 Å². The average Bonchev–Trinajstić information content (AvgIpc) is 3.19. The van der Waals surface area contributed by atoms with E-state index < -0.39 is 0 Å². The highest BCUT2D eigenvalue weighted by Crippen LogP contribution is 2.26. The number of nitrogens with zero attached hydrogens (tertiary/aromatic N) is 2. The van der Waals surface area contributed by atoms with Crippen LogP contribution in [0.3, 0.4) is 0 Å². The van der Waals surface area contributed by atoms with E-state index in [-0.39, 0.29) is 5.82 Å². The van der Waals surface area contributed by atoms with Gasteiger partial charge in [0.05, 0.1) is 10.7 Å². The van der Waals surface area contributed by atoms with Crippen molar-refractivity contribution in [2.24, 2.45) is 0 Å². The third-order valence-electron chi connectivity index (χ3n) is 4.37. The summed E-state index contributed by atoms with van der Waals surface area (Å²) in [4.78, 5) is 13.6. The molecule has 126 valence electrons. The maximum Gasteiger partial charge on any atom is 0.137 e. The number of hydrogen-bond donors (Lipinski definition) is 1. The molecule has 4 aromatic rings. The third kappa shape index (κ3) is 3.46. The second kappa shape index (κ2) is 6.76. The molecule has 0 amide bonds. The van der Waals surface area contributed by atoms with Gasteiger partial charge >= 0.3 is 0 Å². The van der Waals surface area contributed by atoms with Crippen LogP contribution in [0.25, 0.3) is 11.0 Å². The Labute approximate surface area is 149 Å². The van der Waals surface area contributed by atoms with Gasteiger partial charge in [-0.3, -0.25) is 0 Å². The van der Waals surface area contributed by atoms with Crippen molar-refractivity contribution in [3.63, 3.8) is 0 Å². The highest BCUT2D eigenvalue weighted by molar-refractivity contribution is 7.11. The van der Waals surface area contributed by atoms with E-state index >= 15 is 0 Å². The number of rotatable bonds is 5. The molecule has 3 heterocycles. The summed E-state index contributed by atoms with van der Waals surface area (Å²) in [6.07, 6.45) is 6.46. The minimum absolute atomic E-state index is 0.190. The van der Waals surface area contributed by atoms with Crippen LogP contribution in [0.2, 0.25) is 0 Å². The largest absolute Gasteiger partial charge is 0.346 e. The first-order valence-electron chi connectivity index (χ1n) is 8.29. The van der Waals surface area contributed by atoms with Crippen LogP contribution >= 0.6 is 11.3 Å². The van der Waals surface area contributed by atoms with E-state index in [0.29, 0.717) is 0 Å². The molecule has 0 saturated heterocycles. The van der Waals surface area contributed by atoms with Crippen LogP contribution in [0, 0.1) is 12.7 Å². The van der Waals surface area contributed by atoms with Crippen molar-refractivity contribution >= 4 is 22.4 Å². The highest BCUT2D eigenvalue weighted by atomic mass is 32.1. The Morgan fingerprint density at radius 2 is 1.96 bits per heavy atom. The van der Waals surface area contributed by atoms with Crippen molar-refractivity contribution in [3.05, 3.63) is 81.3 Å². The van der Waals surface area contributed by atoms with Crippen molar-refractivity contribution in [2.45, 2.75) is 26.2 Å². The van der Waals surface area contributed by atoms with Crippen molar-refractivity contribution in [1.82, 2.24) is 15.0 Å². The first kappa shape index (κ1) is 16.0. The van der Waals surface area contributed by atoms with E-state index in [2.05, 4.69) is 23.0 Å². The number of aromatic amines is 1. The fraction of sp³-hybridized carbons (Fsp3) is 0.200. The number of thiazole rings is 1. The van der Waals surface area contributed by atoms with Crippen LogP contribution in [0.1, 0.15) is 26.7 Å². The number of hydrogen-bond acceptors (Lipinski definition) is 3. The molecular formula is C20H18FN3S. The van der Waals surface area contributed by atoms with E-state index in [0.717, 1.165) is 41.2 Å². The molecule has 0 atom stereocenters. The summed E-state index contributed by atoms with van der Waals surface area (Å²) in [6.45, 7) is 2.07. The topological polar surface area (TPSA) is 41.6 Å². The van der Waals surface area contributed by atoms with E-state index in [1.165, 1.54) is 28.0 Å². The number of pyridine rings is 1. The number of benzene rings is 1. The van der Waals surface area contributed by atoms with Gasteiger partial charge in [0, 0.05) is 35.5 Å². The summed E-state index contributed by atoms with van der Waals surface area (Å²) in [6, 6.07) is 10.8. The van der Waals surface area contributed by atoms with Crippen LogP contribution < -0.4 is 0 Å². The Kier molecular flexibility index (Phi) is 4.32. The SMILES string of the molecule is Cc1nc(CCc2ccc(F)cc2)sc1Cc1c[nH]c2ncccc12. The maximum absolute atomic E-state index is 13.0. The summed E-state index contributed by atoms with van der Waals surface area (Å²) in [7, 11) is 0. The lowest BCUT2D eigenvalue weighted by Gasteiger charge is -1.99. The molecule has 3 aromatic heterocycles. The van der Waals surface area contributed by atoms with E-state index in [1.54, 1.807) is 17.5 Å². The second-order valence-corrected chi connectivity index (χ2v) is 7.30. The lowest BCUT2D eigenvalue weighted by molar-refractivity contribution is 0.627. The lowest BCUT2D eigenvalue weighted by atomic mass is 10.1. The minimum atomic E-state index is -0.190. The van der Waals surface area contributed by atoms with Crippen molar-refractivity contribution in [3.8, 4) is 0 Å². The quantitative estimate of drug-likeness (QED) is 0.559. The van der Waals surface area contributed by atoms with Crippen LogP contribution in [0.5, 0.6) is 0 Å². The molecule has 0 aliphatic rings. The van der Waals surface area contributed by atoms with Crippen LogP contribution in [0.15, 0.2) is 48.8 Å². The summed E-state index contributed by atoms with van der Waals surface area (Å²) < 4.78 is 13.0. The van der Waals surface area contributed by atoms with Crippen molar-refractivity contribution < 1.29 is 4.39 Å². The Morgan fingerprint density at radius 3 is 2.80 bits per heavy atom. The summed E-state index contributed by atoms with van der Waals surface area (Å²) in [5.41, 5.74) is 4.41. The first-order valence-corrected chi connectivity index (χ1v) is 9.11. The van der Waals surface area contributed by atoms with E-state index in [1.807, 2.05) is 24.4 Å². The van der Waals surface area contributed by atoms with Crippen molar-refractivity contribution in [2.75, 3.05) is 0 Å². The molecule has 0 bridgehead atoms. The first-order chi connectivity index (χ1) is 12.2. The smallest absolute Gasteiger partial charge is 0.137 e. The monoisotopic (exact) mass is 351 g/mol. The maximum atomic E-state index is 13.0. The minimum Gasteiger partial charge on any atom is -0.346 e. The molecule has 0 aliphatic carbocycles. The van der Waals surface area contributed by atoms with Gasteiger partial charge < -0.3 is 4.98 Å². The Balaban J connectivity index is 1.49. The van der Waals surface area contributed by atoms with Crippen LogP contribution in [-0.4, -0.2) is 15.0 Å². The predicted octanol–water partition coefficient (Wildman–Crippen LogP) is 4.84. The second-order valence-electron chi connectivity index (χ2n) is 6.13. The number of nitrogens with one attached hydrogen (secondary N) is 1. The fourth-order valence-corrected chi connectivity index (χ4v) is 4.09. The fourth-order valence-electron chi connectivity index (χ4n) is 2.99. The normalized spacial score (nSPS) is 11.3. The molecule has 0 aliphatic heterocycles. The van der Waals surface area contributed by atoms with Gasteiger partial charge in [-0.2, -0.15) is 0 Å². The molecule has 1 N–H and O–H groups in total. The number of aromatic nitrogens is 3. The zero-order valence-corrected chi connectivity index (χ0v) is 14.7. The molecule has 25 heavy (non-hydrogen) atoms. The van der Waals surface area contributed by atoms with Gasteiger partial charge in [-0.15, -0.1) is 11.3 Å². The van der Waals surface area contributed by atoms with Gasteiger partial charge in [0.25, 0.3) is 0 Å². The summed E-state index contributed by atoms with van der Waals surface area (Å²) in [5.74, 6) is -0.190. The molecular weight excluding hydrogens is 333 g/mol. The molecule has 5 heteroatoms. The molecule has 1 aromatic carbocycles. The molecule has 0 saturated carbocycles. The van der Waals surface area contributed by atoms with Gasteiger partial charge in [0.2, 0.25) is 0 Å². The average molecular weight is 351 g/mol. The third-order valence-corrected chi connectivity index (χ3v) is 5.58. The summed E-state index contributed by atoms with van der Waals surface area (Å²) >= 11 is 1.77. The number of fused-ring (bicyclic) bond motifs is 1. The van der Waals surface area contributed by atoms with Gasteiger partial charge in [-0.1, -0.05) is 12.1 Å². The zero-order valence-electron chi connectivity index (χ0n) is 13.9.